The fourth-order valence-corrected chi connectivity index (χ4v) is 1.85. The Hall–Kier alpha value is -1.72. The van der Waals surface area contributed by atoms with E-state index in [2.05, 4.69) is 15.3 Å². The summed E-state index contributed by atoms with van der Waals surface area (Å²) in [6.07, 6.45) is 1.40. The normalized spacial score (nSPS) is 10.2. The maximum absolute atomic E-state index is 5.95. The second-order valence-electron chi connectivity index (χ2n) is 3.77. The number of aromatic nitrogens is 2. The van der Waals surface area contributed by atoms with Crippen LogP contribution in [0.2, 0.25) is 10.0 Å². The summed E-state index contributed by atoms with van der Waals surface area (Å²) in [5.74, 6) is 1.82. The molecular formula is C13H13Cl2N3O2. The molecule has 0 amide bonds. The lowest BCUT2D eigenvalue weighted by Crippen LogP contribution is -2.04. The van der Waals surface area contributed by atoms with Crippen LogP contribution in [0.1, 0.15) is 6.92 Å². The predicted octanol–water partition coefficient (Wildman–Crippen LogP) is 4.02. The lowest BCUT2D eigenvalue weighted by molar-refractivity contribution is 0.369. The minimum Gasteiger partial charge on any atom is -0.489 e. The van der Waals surface area contributed by atoms with Gasteiger partial charge in [0.25, 0.3) is 5.88 Å². The van der Waals surface area contributed by atoms with Crippen LogP contribution in [0.5, 0.6) is 17.4 Å². The summed E-state index contributed by atoms with van der Waals surface area (Å²) in [6.45, 7) is 2.67. The van der Waals surface area contributed by atoms with E-state index in [1.54, 1.807) is 18.2 Å². The van der Waals surface area contributed by atoms with Gasteiger partial charge in [-0.2, -0.15) is 4.98 Å². The van der Waals surface area contributed by atoms with E-state index in [4.69, 9.17) is 32.7 Å². The Morgan fingerprint density at radius 3 is 2.65 bits per heavy atom. The Morgan fingerprint density at radius 1 is 1.20 bits per heavy atom. The van der Waals surface area contributed by atoms with Crippen LogP contribution in [0.3, 0.4) is 0 Å². The highest BCUT2D eigenvalue weighted by molar-refractivity contribution is 6.42. The molecule has 106 valence electrons. The smallest absolute Gasteiger partial charge is 0.268 e. The van der Waals surface area contributed by atoms with Crippen molar-refractivity contribution in [1.29, 1.82) is 0 Å². The molecule has 0 bridgehead atoms. The SMILES string of the molecule is CCNc1ncnc(Oc2ccc(Cl)c(Cl)c2)c1OC. The van der Waals surface area contributed by atoms with Crippen LogP contribution in [0.15, 0.2) is 24.5 Å². The maximum Gasteiger partial charge on any atom is 0.268 e. The van der Waals surface area contributed by atoms with E-state index in [0.29, 0.717) is 39.8 Å². The quantitative estimate of drug-likeness (QED) is 0.903. The van der Waals surface area contributed by atoms with Gasteiger partial charge in [0.15, 0.2) is 5.82 Å². The highest BCUT2D eigenvalue weighted by Gasteiger charge is 2.14. The zero-order valence-corrected chi connectivity index (χ0v) is 12.5. The Kier molecular flexibility index (Phi) is 4.87. The Balaban J connectivity index is 2.32. The third kappa shape index (κ3) is 3.23. The van der Waals surface area contributed by atoms with Gasteiger partial charge in [-0.05, 0) is 19.1 Å². The number of rotatable bonds is 5. The van der Waals surface area contributed by atoms with Crippen molar-refractivity contribution in [1.82, 2.24) is 9.97 Å². The number of ether oxygens (including phenoxy) is 2. The van der Waals surface area contributed by atoms with Gasteiger partial charge in [-0.3, -0.25) is 0 Å². The van der Waals surface area contributed by atoms with Gasteiger partial charge in [-0.25, -0.2) is 4.98 Å². The summed E-state index contributed by atoms with van der Waals surface area (Å²) in [4.78, 5) is 8.16. The standard InChI is InChI=1S/C13H13Cl2N3O2/c1-3-16-12-11(19-2)13(18-7-17-12)20-8-4-5-9(14)10(15)6-8/h4-7H,3H2,1-2H3,(H,16,17,18). The Morgan fingerprint density at radius 2 is 2.00 bits per heavy atom. The van der Waals surface area contributed by atoms with Crippen LogP contribution < -0.4 is 14.8 Å². The van der Waals surface area contributed by atoms with Gasteiger partial charge in [-0.15, -0.1) is 0 Å². The van der Waals surface area contributed by atoms with Gasteiger partial charge in [-0.1, -0.05) is 23.2 Å². The van der Waals surface area contributed by atoms with E-state index >= 15 is 0 Å². The third-order valence-corrected chi connectivity index (χ3v) is 3.16. The van der Waals surface area contributed by atoms with E-state index in [0.717, 1.165) is 0 Å². The first-order chi connectivity index (χ1) is 9.65. The van der Waals surface area contributed by atoms with E-state index < -0.39 is 0 Å². The number of hydrogen-bond acceptors (Lipinski definition) is 5. The molecule has 0 aliphatic carbocycles. The van der Waals surface area contributed by atoms with Crippen molar-refractivity contribution in [2.75, 3.05) is 19.0 Å². The first kappa shape index (κ1) is 14.7. The fraction of sp³-hybridized carbons (Fsp3) is 0.231. The average molecular weight is 314 g/mol. The summed E-state index contributed by atoms with van der Waals surface area (Å²) in [6, 6.07) is 4.96. The van der Waals surface area contributed by atoms with E-state index in [-0.39, 0.29) is 0 Å². The summed E-state index contributed by atoms with van der Waals surface area (Å²) in [5.41, 5.74) is 0. The second-order valence-corrected chi connectivity index (χ2v) is 4.58. The van der Waals surface area contributed by atoms with Crippen molar-refractivity contribution < 1.29 is 9.47 Å². The molecule has 0 atom stereocenters. The van der Waals surface area contributed by atoms with Gasteiger partial charge >= 0.3 is 0 Å². The van der Waals surface area contributed by atoms with Crippen LogP contribution in [0.4, 0.5) is 5.82 Å². The van der Waals surface area contributed by atoms with Crippen molar-refractivity contribution in [2.45, 2.75) is 6.92 Å². The minimum atomic E-state index is 0.303. The molecule has 1 N–H and O–H groups in total. The molecule has 0 unspecified atom stereocenters. The van der Waals surface area contributed by atoms with Gasteiger partial charge in [0.2, 0.25) is 5.75 Å². The van der Waals surface area contributed by atoms with Crippen LogP contribution in [0.25, 0.3) is 0 Å². The minimum absolute atomic E-state index is 0.303. The lowest BCUT2D eigenvalue weighted by atomic mass is 10.3. The van der Waals surface area contributed by atoms with Gasteiger partial charge in [0, 0.05) is 12.6 Å². The molecule has 0 radical (unpaired) electrons. The van der Waals surface area contributed by atoms with E-state index in [1.807, 2.05) is 6.92 Å². The van der Waals surface area contributed by atoms with Crippen LogP contribution >= 0.6 is 23.2 Å². The van der Waals surface area contributed by atoms with Gasteiger partial charge in [0.05, 0.1) is 17.2 Å². The van der Waals surface area contributed by atoms with Crippen molar-refractivity contribution >= 4 is 29.0 Å². The van der Waals surface area contributed by atoms with Crippen LogP contribution in [0, 0.1) is 0 Å². The molecule has 0 fully saturated rings. The molecule has 1 heterocycles. The molecule has 2 rings (SSSR count). The highest BCUT2D eigenvalue weighted by Crippen LogP contribution is 2.35. The second kappa shape index (κ2) is 6.63. The summed E-state index contributed by atoms with van der Waals surface area (Å²) in [5, 5.41) is 3.94. The number of nitrogens with one attached hydrogen (secondary N) is 1. The first-order valence-corrected chi connectivity index (χ1v) is 6.67. The summed E-state index contributed by atoms with van der Waals surface area (Å²) >= 11 is 11.8. The number of hydrogen-bond donors (Lipinski definition) is 1. The molecule has 7 heteroatoms. The summed E-state index contributed by atoms with van der Waals surface area (Å²) in [7, 11) is 1.53. The summed E-state index contributed by atoms with van der Waals surface area (Å²) < 4.78 is 10.9. The molecule has 0 spiro atoms. The number of anilines is 1. The highest BCUT2D eigenvalue weighted by atomic mass is 35.5. The van der Waals surface area contributed by atoms with Crippen LogP contribution in [-0.4, -0.2) is 23.6 Å². The third-order valence-electron chi connectivity index (χ3n) is 2.43. The first-order valence-electron chi connectivity index (χ1n) is 5.91. The molecule has 2 aromatic rings. The van der Waals surface area contributed by atoms with Gasteiger partial charge in [0.1, 0.15) is 12.1 Å². The molecule has 0 saturated heterocycles. The van der Waals surface area contributed by atoms with E-state index in [9.17, 15) is 0 Å². The monoisotopic (exact) mass is 313 g/mol. The van der Waals surface area contributed by atoms with Crippen molar-refractivity contribution in [3.8, 4) is 17.4 Å². The molecule has 1 aromatic heterocycles. The fourth-order valence-electron chi connectivity index (χ4n) is 1.56. The number of benzene rings is 1. The predicted molar refractivity (Wildman–Crippen MR) is 79.3 cm³/mol. The maximum atomic E-state index is 5.95. The lowest BCUT2D eigenvalue weighted by Gasteiger charge is -2.12. The number of nitrogens with zero attached hydrogens (tertiary/aromatic N) is 2. The van der Waals surface area contributed by atoms with Crippen molar-refractivity contribution in [3.05, 3.63) is 34.6 Å². The van der Waals surface area contributed by atoms with Gasteiger partial charge < -0.3 is 14.8 Å². The van der Waals surface area contributed by atoms with Crippen molar-refractivity contribution in [2.24, 2.45) is 0 Å². The Labute approximate surface area is 126 Å². The number of halogens is 2. The number of methoxy groups -OCH3 is 1. The topological polar surface area (TPSA) is 56.3 Å². The molecule has 1 aromatic carbocycles. The molecule has 0 saturated carbocycles. The molecule has 0 aliphatic rings. The molecule has 0 aliphatic heterocycles. The molecular weight excluding hydrogens is 301 g/mol. The van der Waals surface area contributed by atoms with Crippen LogP contribution in [-0.2, 0) is 0 Å². The Bertz CT molecular complexity index is 608. The average Bonchev–Trinajstić information content (AvgIpc) is 2.44. The zero-order valence-electron chi connectivity index (χ0n) is 11.0. The molecule has 5 nitrogen and oxygen atoms in total. The largest absolute Gasteiger partial charge is 0.489 e. The zero-order chi connectivity index (χ0) is 14.5. The van der Waals surface area contributed by atoms with Crippen molar-refractivity contribution in [3.63, 3.8) is 0 Å². The van der Waals surface area contributed by atoms with E-state index in [1.165, 1.54) is 13.4 Å². The molecule has 20 heavy (non-hydrogen) atoms.